The molecule has 35 heavy (non-hydrogen) atoms. The third-order valence-corrected chi connectivity index (χ3v) is 5.10. The van der Waals surface area contributed by atoms with Gasteiger partial charge in [0.1, 0.15) is 17.1 Å². The zero-order chi connectivity index (χ0) is 25.6. The minimum absolute atomic E-state index is 0.0238. The molecule has 0 aliphatic heterocycles. The third kappa shape index (κ3) is 7.11. The highest BCUT2D eigenvalue weighted by Crippen LogP contribution is 2.35. The van der Waals surface area contributed by atoms with Crippen LogP contribution in [0.15, 0.2) is 63.8 Å². The SMILES string of the molecule is C=C(C)C(=O)OCOc1ccc2cc(-c3ccc(CCCCC)cc3OC(F)(F)F)c(=O)oc2c1. The molecule has 0 spiro atoms. The second kappa shape index (κ2) is 11.1. The van der Waals surface area contributed by atoms with Gasteiger partial charge in [-0.3, -0.25) is 0 Å². The van der Waals surface area contributed by atoms with E-state index in [9.17, 15) is 22.8 Å². The van der Waals surface area contributed by atoms with E-state index in [1.807, 2.05) is 6.92 Å². The monoisotopic (exact) mass is 490 g/mol. The molecule has 1 aromatic heterocycles. The molecule has 6 nitrogen and oxygen atoms in total. The maximum Gasteiger partial charge on any atom is 0.573 e. The number of rotatable bonds is 10. The van der Waals surface area contributed by atoms with Gasteiger partial charge in [0, 0.05) is 22.6 Å². The van der Waals surface area contributed by atoms with E-state index < -0.39 is 23.7 Å². The van der Waals surface area contributed by atoms with Crippen molar-refractivity contribution in [2.24, 2.45) is 0 Å². The summed E-state index contributed by atoms with van der Waals surface area (Å²) < 4.78 is 59.1. The van der Waals surface area contributed by atoms with Gasteiger partial charge < -0.3 is 18.6 Å². The normalized spacial score (nSPS) is 11.3. The molecule has 3 rings (SSSR count). The van der Waals surface area contributed by atoms with E-state index in [0.717, 1.165) is 19.3 Å². The Labute approximate surface area is 199 Å². The molecule has 2 aromatic carbocycles. The second-order valence-corrected chi connectivity index (χ2v) is 7.96. The summed E-state index contributed by atoms with van der Waals surface area (Å²) in [5, 5.41) is 0.455. The second-order valence-electron chi connectivity index (χ2n) is 7.96. The van der Waals surface area contributed by atoms with Crippen LogP contribution < -0.4 is 15.1 Å². The average molecular weight is 490 g/mol. The van der Waals surface area contributed by atoms with Crippen molar-refractivity contribution in [3.63, 3.8) is 0 Å². The summed E-state index contributed by atoms with van der Waals surface area (Å²) in [4.78, 5) is 24.1. The number of esters is 1. The van der Waals surface area contributed by atoms with Crippen LogP contribution in [0.1, 0.15) is 38.7 Å². The van der Waals surface area contributed by atoms with Crippen molar-refractivity contribution in [2.45, 2.75) is 45.9 Å². The Hall–Kier alpha value is -3.75. The molecule has 0 unspecified atom stereocenters. The molecule has 9 heteroatoms. The van der Waals surface area contributed by atoms with Crippen LogP contribution in [0.4, 0.5) is 13.2 Å². The fourth-order valence-electron chi connectivity index (χ4n) is 3.38. The molecule has 186 valence electrons. The molecular weight excluding hydrogens is 465 g/mol. The highest BCUT2D eigenvalue weighted by Gasteiger charge is 2.33. The van der Waals surface area contributed by atoms with Gasteiger partial charge >= 0.3 is 18.0 Å². The van der Waals surface area contributed by atoms with Crippen molar-refractivity contribution in [2.75, 3.05) is 6.79 Å². The number of halogens is 3. The lowest BCUT2D eigenvalue weighted by molar-refractivity contribution is -0.274. The van der Waals surface area contributed by atoms with Gasteiger partial charge in [0.25, 0.3) is 0 Å². The van der Waals surface area contributed by atoms with Crippen molar-refractivity contribution in [3.05, 3.63) is 70.6 Å². The van der Waals surface area contributed by atoms with E-state index in [-0.39, 0.29) is 34.8 Å². The first-order valence-electron chi connectivity index (χ1n) is 11.0. The first kappa shape index (κ1) is 25.9. The van der Waals surface area contributed by atoms with Gasteiger partial charge in [-0.15, -0.1) is 13.2 Å². The van der Waals surface area contributed by atoms with Crippen LogP contribution >= 0.6 is 0 Å². The lowest BCUT2D eigenvalue weighted by Crippen LogP contribution is -2.18. The number of benzene rings is 2. The lowest BCUT2D eigenvalue weighted by atomic mass is 10.00. The Morgan fingerprint density at radius 1 is 1.06 bits per heavy atom. The van der Waals surface area contributed by atoms with Gasteiger partial charge in [-0.1, -0.05) is 38.5 Å². The lowest BCUT2D eigenvalue weighted by Gasteiger charge is -2.15. The fourth-order valence-corrected chi connectivity index (χ4v) is 3.38. The van der Waals surface area contributed by atoms with Crippen molar-refractivity contribution in [3.8, 4) is 22.6 Å². The largest absolute Gasteiger partial charge is 0.573 e. The number of fused-ring (bicyclic) bond motifs is 1. The van der Waals surface area contributed by atoms with Crippen molar-refractivity contribution in [1.29, 1.82) is 0 Å². The molecule has 0 saturated carbocycles. The van der Waals surface area contributed by atoms with Crippen molar-refractivity contribution in [1.82, 2.24) is 0 Å². The van der Waals surface area contributed by atoms with Crippen LogP contribution in [-0.2, 0) is 16.0 Å². The molecule has 0 N–H and O–H groups in total. The molecule has 0 saturated heterocycles. The van der Waals surface area contributed by atoms with E-state index in [1.54, 1.807) is 18.2 Å². The summed E-state index contributed by atoms with van der Waals surface area (Å²) in [5.41, 5.74) is 0.116. The number of alkyl halides is 3. The van der Waals surface area contributed by atoms with Gasteiger partial charge in [-0.05, 0) is 49.6 Å². The standard InChI is InChI=1S/C26H25F3O6/c1-4-5-6-7-17-8-11-20(23(12-17)35-26(27,28)29)21-13-18-9-10-19(14-22(18)34-25(21)31)32-15-33-24(30)16(2)3/h8-14H,2,4-7,15H2,1,3H3. The molecule has 1 heterocycles. The first-order chi connectivity index (χ1) is 16.6. The number of hydrogen-bond acceptors (Lipinski definition) is 6. The van der Waals surface area contributed by atoms with E-state index in [0.29, 0.717) is 17.4 Å². The van der Waals surface area contributed by atoms with E-state index in [4.69, 9.17) is 13.9 Å². The van der Waals surface area contributed by atoms with Crippen LogP contribution in [-0.4, -0.2) is 19.1 Å². The predicted octanol–water partition coefficient (Wildman–Crippen LogP) is 6.55. The summed E-state index contributed by atoms with van der Waals surface area (Å²) >= 11 is 0. The summed E-state index contributed by atoms with van der Waals surface area (Å²) in [6.07, 6.45) is -1.56. The third-order valence-electron chi connectivity index (χ3n) is 5.10. The Kier molecular flexibility index (Phi) is 8.22. The molecule has 0 fully saturated rings. The predicted molar refractivity (Wildman–Crippen MR) is 124 cm³/mol. The van der Waals surface area contributed by atoms with Gasteiger partial charge in [0.15, 0.2) is 0 Å². The molecule has 3 aromatic rings. The van der Waals surface area contributed by atoms with E-state index >= 15 is 0 Å². The first-order valence-corrected chi connectivity index (χ1v) is 11.0. The smallest absolute Gasteiger partial charge is 0.457 e. The number of carbonyl (C=O) groups excluding carboxylic acids is 1. The van der Waals surface area contributed by atoms with Gasteiger partial charge in [0.2, 0.25) is 6.79 Å². The molecule has 0 amide bonds. The molecule has 0 bridgehead atoms. The summed E-state index contributed by atoms with van der Waals surface area (Å²) in [6, 6.07) is 10.4. The molecule has 0 aliphatic rings. The summed E-state index contributed by atoms with van der Waals surface area (Å²) in [7, 11) is 0. The van der Waals surface area contributed by atoms with Crippen LogP contribution in [0.5, 0.6) is 11.5 Å². The number of aryl methyl sites for hydroxylation is 1. The zero-order valence-electron chi connectivity index (χ0n) is 19.4. The Morgan fingerprint density at radius 3 is 2.51 bits per heavy atom. The number of hydrogen-bond donors (Lipinski definition) is 0. The molecule has 0 radical (unpaired) electrons. The zero-order valence-corrected chi connectivity index (χ0v) is 19.4. The molecule has 0 aliphatic carbocycles. The van der Waals surface area contributed by atoms with Crippen molar-refractivity contribution >= 4 is 16.9 Å². The fraction of sp³-hybridized carbons (Fsp3) is 0.308. The maximum absolute atomic E-state index is 13.1. The Bertz CT molecular complexity index is 1280. The molecule has 0 atom stereocenters. The van der Waals surface area contributed by atoms with Crippen LogP contribution in [0.3, 0.4) is 0 Å². The van der Waals surface area contributed by atoms with Gasteiger partial charge in [-0.2, -0.15) is 0 Å². The Balaban J connectivity index is 1.91. The average Bonchev–Trinajstić information content (AvgIpc) is 2.78. The highest BCUT2D eigenvalue weighted by molar-refractivity contribution is 5.87. The van der Waals surface area contributed by atoms with Gasteiger partial charge in [-0.25, -0.2) is 9.59 Å². The van der Waals surface area contributed by atoms with Gasteiger partial charge in [0.05, 0.1) is 5.56 Å². The van der Waals surface area contributed by atoms with Crippen LogP contribution in [0, 0.1) is 0 Å². The number of unbranched alkanes of at least 4 members (excludes halogenated alkanes) is 2. The minimum Gasteiger partial charge on any atom is -0.457 e. The minimum atomic E-state index is -4.92. The Morgan fingerprint density at radius 2 is 1.83 bits per heavy atom. The highest BCUT2D eigenvalue weighted by atomic mass is 19.4. The molecular formula is C26H25F3O6. The van der Waals surface area contributed by atoms with Crippen LogP contribution in [0.25, 0.3) is 22.1 Å². The maximum atomic E-state index is 13.1. The topological polar surface area (TPSA) is 75.0 Å². The summed E-state index contributed by atoms with van der Waals surface area (Å²) in [6.45, 7) is 6.62. The quantitative estimate of drug-likeness (QED) is 0.106. The van der Waals surface area contributed by atoms with E-state index in [2.05, 4.69) is 11.3 Å². The van der Waals surface area contributed by atoms with Crippen molar-refractivity contribution < 1.29 is 36.6 Å². The number of ether oxygens (including phenoxy) is 3. The summed E-state index contributed by atoms with van der Waals surface area (Å²) in [5.74, 6) is -0.812. The van der Waals surface area contributed by atoms with E-state index in [1.165, 1.54) is 31.2 Å². The number of carbonyl (C=O) groups is 1. The van der Waals surface area contributed by atoms with Crippen LogP contribution in [0.2, 0.25) is 0 Å².